The number of esters is 1. The summed E-state index contributed by atoms with van der Waals surface area (Å²) in [5.41, 5.74) is 6.37. The van der Waals surface area contributed by atoms with Gasteiger partial charge in [0.2, 0.25) is 0 Å². The molecule has 0 saturated heterocycles. The molecule has 0 amide bonds. The number of hydrogen-bond acceptors (Lipinski definition) is 6. The van der Waals surface area contributed by atoms with Crippen LogP contribution in [0.15, 0.2) is 0 Å². The fourth-order valence-corrected chi connectivity index (χ4v) is 2.59. The van der Waals surface area contributed by atoms with Crippen molar-refractivity contribution < 1.29 is 9.53 Å². The van der Waals surface area contributed by atoms with Crippen LogP contribution >= 0.6 is 11.3 Å². The van der Waals surface area contributed by atoms with E-state index in [4.69, 9.17) is 15.7 Å². The predicted molar refractivity (Wildman–Crippen MR) is 77.4 cm³/mol. The highest BCUT2D eigenvalue weighted by Crippen LogP contribution is 2.35. The van der Waals surface area contributed by atoms with E-state index in [0.717, 1.165) is 25.8 Å². The predicted octanol–water partition coefficient (Wildman–Crippen LogP) is 2.98. The Hall–Kier alpha value is -1.74. The number of anilines is 2. The summed E-state index contributed by atoms with van der Waals surface area (Å²) in [7, 11) is 0. The minimum Gasteiger partial charge on any atom is -0.462 e. The summed E-state index contributed by atoms with van der Waals surface area (Å²) >= 11 is 1.18. The number of hydrogen-bond donors (Lipinski definition) is 2. The number of nitrogens with one attached hydrogen (secondary N) is 1. The van der Waals surface area contributed by atoms with Crippen LogP contribution in [0.5, 0.6) is 0 Å². The molecule has 3 N–H and O–H groups in total. The maximum Gasteiger partial charge on any atom is 0.350 e. The van der Waals surface area contributed by atoms with Crippen LogP contribution in [-0.2, 0) is 4.74 Å². The Kier molecular flexibility index (Phi) is 6.16. The van der Waals surface area contributed by atoms with E-state index in [9.17, 15) is 4.79 Å². The number of nitrogens with two attached hydrogens (primary N) is 1. The van der Waals surface area contributed by atoms with Crippen molar-refractivity contribution in [2.45, 2.75) is 33.1 Å². The van der Waals surface area contributed by atoms with Gasteiger partial charge in [0.25, 0.3) is 0 Å². The minimum atomic E-state index is -0.469. The van der Waals surface area contributed by atoms with E-state index < -0.39 is 5.97 Å². The number of nitrogen functional groups attached to an aromatic ring is 1. The topological polar surface area (TPSA) is 88.1 Å². The Labute approximate surface area is 117 Å². The van der Waals surface area contributed by atoms with Crippen LogP contribution in [-0.4, -0.2) is 19.1 Å². The maximum absolute atomic E-state index is 11.7. The third-order valence-electron chi connectivity index (χ3n) is 2.58. The van der Waals surface area contributed by atoms with Crippen molar-refractivity contribution in [3.8, 4) is 6.07 Å². The first-order valence-electron chi connectivity index (χ1n) is 6.39. The number of carbonyl (C=O) groups is 1. The Morgan fingerprint density at radius 2 is 2.21 bits per heavy atom. The second kappa shape index (κ2) is 7.64. The summed E-state index contributed by atoms with van der Waals surface area (Å²) in [4.78, 5) is 12.0. The average molecular weight is 281 g/mol. The van der Waals surface area contributed by atoms with Crippen molar-refractivity contribution >= 4 is 28.0 Å². The van der Waals surface area contributed by atoms with E-state index in [1.165, 1.54) is 11.3 Å². The molecule has 19 heavy (non-hydrogen) atoms. The third-order valence-corrected chi connectivity index (χ3v) is 3.73. The molecule has 1 heterocycles. The van der Waals surface area contributed by atoms with Gasteiger partial charge in [-0.1, -0.05) is 19.8 Å². The molecule has 104 valence electrons. The summed E-state index contributed by atoms with van der Waals surface area (Å²) in [6, 6.07) is 2.04. The van der Waals surface area contributed by atoms with Gasteiger partial charge in [0, 0.05) is 6.54 Å². The third kappa shape index (κ3) is 3.86. The molecule has 0 aliphatic carbocycles. The van der Waals surface area contributed by atoms with Crippen LogP contribution in [0.2, 0.25) is 0 Å². The van der Waals surface area contributed by atoms with E-state index in [1.807, 2.05) is 6.07 Å². The Balaban J connectivity index is 2.84. The van der Waals surface area contributed by atoms with Gasteiger partial charge in [-0.15, -0.1) is 11.3 Å². The standard InChI is InChI=1S/C13H19N3O2S/c1-3-5-6-7-16-12-9(8-14)10(15)11(19-12)13(17)18-4-2/h16H,3-7,15H2,1-2H3. The number of unbranched alkanes of at least 4 members (excludes halogenated alkanes) is 2. The monoisotopic (exact) mass is 281 g/mol. The summed E-state index contributed by atoms with van der Waals surface area (Å²) in [6.07, 6.45) is 3.28. The number of thiophene rings is 1. The lowest BCUT2D eigenvalue weighted by Gasteiger charge is -2.02. The fraction of sp³-hybridized carbons (Fsp3) is 0.538. The van der Waals surface area contributed by atoms with Crippen molar-refractivity contribution in [1.82, 2.24) is 0 Å². The van der Waals surface area contributed by atoms with E-state index in [2.05, 4.69) is 12.2 Å². The normalized spacial score (nSPS) is 9.95. The lowest BCUT2D eigenvalue weighted by Crippen LogP contribution is -2.05. The molecule has 0 unspecified atom stereocenters. The molecule has 0 fully saturated rings. The van der Waals surface area contributed by atoms with Crippen molar-refractivity contribution in [2.24, 2.45) is 0 Å². The zero-order valence-corrected chi connectivity index (χ0v) is 12.1. The van der Waals surface area contributed by atoms with Gasteiger partial charge in [-0.25, -0.2) is 4.79 Å². The molecule has 1 rings (SSSR count). The van der Waals surface area contributed by atoms with Gasteiger partial charge in [-0.2, -0.15) is 5.26 Å². The molecular formula is C13H19N3O2S. The maximum atomic E-state index is 11.7. The van der Waals surface area contributed by atoms with Gasteiger partial charge in [-0.3, -0.25) is 0 Å². The molecule has 0 aromatic carbocycles. The average Bonchev–Trinajstić information content (AvgIpc) is 2.71. The Morgan fingerprint density at radius 3 is 2.79 bits per heavy atom. The second-order valence-electron chi connectivity index (χ2n) is 4.02. The summed E-state index contributed by atoms with van der Waals surface area (Å²) in [6.45, 7) is 4.92. The van der Waals surface area contributed by atoms with Gasteiger partial charge in [-0.05, 0) is 13.3 Å². The highest BCUT2D eigenvalue weighted by Gasteiger charge is 2.21. The van der Waals surface area contributed by atoms with Crippen LogP contribution in [0.25, 0.3) is 0 Å². The van der Waals surface area contributed by atoms with Gasteiger partial charge >= 0.3 is 5.97 Å². The fourth-order valence-electron chi connectivity index (χ4n) is 1.60. The zero-order chi connectivity index (χ0) is 14.3. The van der Waals surface area contributed by atoms with E-state index in [1.54, 1.807) is 6.92 Å². The zero-order valence-electron chi connectivity index (χ0n) is 11.3. The number of ether oxygens (including phenoxy) is 1. The smallest absolute Gasteiger partial charge is 0.350 e. The number of nitrogens with zero attached hydrogens (tertiary/aromatic N) is 1. The summed E-state index contributed by atoms with van der Waals surface area (Å²) < 4.78 is 4.92. The highest BCUT2D eigenvalue weighted by atomic mass is 32.1. The largest absolute Gasteiger partial charge is 0.462 e. The van der Waals surface area contributed by atoms with E-state index in [-0.39, 0.29) is 12.3 Å². The first-order chi connectivity index (χ1) is 9.15. The van der Waals surface area contributed by atoms with Crippen molar-refractivity contribution in [3.05, 3.63) is 10.4 Å². The minimum absolute atomic E-state index is 0.212. The van der Waals surface area contributed by atoms with Gasteiger partial charge in [0.15, 0.2) is 0 Å². The van der Waals surface area contributed by atoms with Crippen LogP contribution in [0.3, 0.4) is 0 Å². The highest BCUT2D eigenvalue weighted by molar-refractivity contribution is 7.18. The van der Waals surface area contributed by atoms with Gasteiger partial charge < -0.3 is 15.8 Å². The van der Waals surface area contributed by atoms with Crippen LogP contribution in [0, 0.1) is 11.3 Å². The van der Waals surface area contributed by atoms with Crippen molar-refractivity contribution in [1.29, 1.82) is 5.26 Å². The molecular weight excluding hydrogens is 262 g/mol. The Bertz CT molecular complexity index is 477. The lowest BCUT2D eigenvalue weighted by atomic mass is 10.2. The van der Waals surface area contributed by atoms with Crippen LogP contribution < -0.4 is 11.1 Å². The SMILES string of the molecule is CCCCCNc1sc(C(=O)OCC)c(N)c1C#N. The molecule has 0 aliphatic rings. The molecule has 0 radical (unpaired) electrons. The first-order valence-corrected chi connectivity index (χ1v) is 7.20. The molecule has 0 saturated carbocycles. The number of nitriles is 1. The van der Waals surface area contributed by atoms with Crippen LogP contribution in [0.4, 0.5) is 10.7 Å². The summed E-state index contributed by atoms with van der Waals surface area (Å²) in [5, 5.41) is 12.9. The van der Waals surface area contributed by atoms with E-state index in [0.29, 0.717) is 15.4 Å². The molecule has 1 aromatic heterocycles. The first kappa shape index (κ1) is 15.3. The van der Waals surface area contributed by atoms with Crippen molar-refractivity contribution in [2.75, 3.05) is 24.2 Å². The quantitative estimate of drug-likeness (QED) is 0.592. The molecule has 0 aliphatic heterocycles. The molecule has 0 atom stereocenters. The molecule has 0 bridgehead atoms. The molecule has 0 spiro atoms. The Morgan fingerprint density at radius 1 is 1.47 bits per heavy atom. The number of rotatable bonds is 7. The van der Waals surface area contributed by atoms with Crippen LogP contribution in [0.1, 0.15) is 48.3 Å². The van der Waals surface area contributed by atoms with E-state index >= 15 is 0 Å². The lowest BCUT2D eigenvalue weighted by molar-refractivity contribution is 0.0533. The van der Waals surface area contributed by atoms with Crippen molar-refractivity contribution in [3.63, 3.8) is 0 Å². The second-order valence-corrected chi connectivity index (χ2v) is 5.04. The molecule has 6 heteroatoms. The number of carbonyl (C=O) groups excluding carboxylic acids is 1. The molecule has 5 nitrogen and oxygen atoms in total. The van der Waals surface area contributed by atoms with Gasteiger partial charge in [0.1, 0.15) is 21.5 Å². The summed E-state index contributed by atoms with van der Waals surface area (Å²) in [5.74, 6) is -0.469. The molecule has 1 aromatic rings. The van der Waals surface area contributed by atoms with Gasteiger partial charge in [0.05, 0.1) is 12.3 Å².